The molecule has 0 saturated heterocycles. The molecule has 0 amide bonds. The van der Waals surface area contributed by atoms with Crippen LogP contribution in [0.1, 0.15) is 66.7 Å². The Labute approximate surface area is 130 Å². The lowest BCUT2D eigenvalue weighted by Crippen LogP contribution is -2.26. The number of ketones is 1. The smallest absolute Gasteiger partial charge is 0.261 e. The minimum atomic E-state index is -0.0447. The van der Waals surface area contributed by atoms with Crippen molar-refractivity contribution in [1.82, 2.24) is 9.55 Å². The molecule has 2 aromatic rings. The maximum atomic E-state index is 12.7. The number of rotatable bonds is 2. The summed E-state index contributed by atoms with van der Waals surface area (Å²) in [6.45, 7) is 3.44. The van der Waals surface area contributed by atoms with Crippen molar-refractivity contribution in [1.29, 1.82) is 0 Å². The fraction of sp³-hybridized carbons (Fsp3) is 0.500. The molecule has 3 rings (SSSR count). The first kappa shape index (κ1) is 14.9. The van der Waals surface area contributed by atoms with E-state index in [1.807, 2.05) is 19.1 Å². The van der Waals surface area contributed by atoms with E-state index in [4.69, 9.17) is 4.98 Å². The first-order chi connectivity index (χ1) is 10.5. The van der Waals surface area contributed by atoms with Crippen molar-refractivity contribution in [2.75, 3.05) is 0 Å². The van der Waals surface area contributed by atoms with Crippen molar-refractivity contribution in [3.05, 3.63) is 39.4 Å². The summed E-state index contributed by atoms with van der Waals surface area (Å²) in [6, 6.07) is 3.67. The van der Waals surface area contributed by atoms with Crippen LogP contribution < -0.4 is 5.56 Å². The molecule has 1 saturated carbocycles. The molecule has 4 nitrogen and oxygen atoms in total. The van der Waals surface area contributed by atoms with E-state index in [-0.39, 0.29) is 11.3 Å². The van der Waals surface area contributed by atoms with Gasteiger partial charge in [0.05, 0.1) is 10.9 Å². The maximum Gasteiger partial charge on any atom is 0.261 e. The van der Waals surface area contributed by atoms with Gasteiger partial charge in [0.1, 0.15) is 5.82 Å². The second-order valence-corrected chi connectivity index (χ2v) is 6.43. The third-order valence-corrected chi connectivity index (χ3v) is 4.71. The average Bonchev–Trinajstić information content (AvgIpc) is 2.51. The molecule has 0 radical (unpaired) electrons. The Morgan fingerprint density at radius 1 is 1.23 bits per heavy atom. The zero-order chi connectivity index (χ0) is 15.9. The Hall–Kier alpha value is -1.97. The zero-order valence-electron chi connectivity index (χ0n) is 13.5. The van der Waals surface area contributed by atoms with Crippen molar-refractivity contribution in [2.24, 2.45) is 7.05 Å². The van der Waals surface area contributed by atoms with E-state index in [2.05, 4.69) is 0 Å². The molecule has 22 heavy (non-hydrogen) atoms. The van der Waals surface area contributed by atoms with Gasteiger partial charge < -0.3 is 0 Å². The first-order valence-corrected chi connectivity index (χ1v) is 8.01. The molecule has 1 aromatic carbocycles. The number of Topliss-reactive ketones (excluding diaryl/α,β-unsaturated/α-hetero) is 1. The first-order valence-electron chi connectivity index (χ1n) is 8.01. The lowest BCUT2D eigenvalue weighted by atomic mass is 9.88. The van der Waals surface area contributed by atoms with Gasteiger partial charge in [-0.25, -0.2) is 4.98 Å². The molecule has 0 spiro atoms. The highest BCUT2D eigenvalue weighted by molar-refractivity contribution is 6.05. The Morgan fingerprint density at radius 2 is 1.91 bits per heavy atom. The molecule has 4 heteroatoms. The number of carbonyl (C=O) groups excluding carboxylic acids is 1. The molecule has 1 heterocycles. The lowest BCUT2D eigenvalue weighted by Gasteiger charge is -2.23. The summed E-state index contributed by atoms with van der Waals surface area (Å²) in [5, 5.41) is 0.548. The van der Waals surface area contributed by atoms with E-state index in [0.717, 1.165) is 24.2 Å². The number of hydrogen-bond acceptors (Lipinski definition) is 3. The van der Waals surface area contributed by atoms with Gasteiger partial charge in [-0.1, -0.05) is 19.3 Å². The van der Waals surface area contributed by atoms with Gasteiger partial charge >= 0.3 is 0 Å². The summed E-state index contributed by atoms with van der Waals surface area (Å²) in [4.78, 5) is 29.4. The van der Waals surface area contributed by atoms with Crippen LogP contribution in [0.15, 0.2) is 16.9 Å². The van der Waals surface area contributed by atoms with Crippen LogP contribution in [0.3, 0.4) is 0 Å². The molecule has 0 N–H and O–H groups in total. The summed E-state index contributed by atoms with van der Waals surface area (Å²) in [6.07, 6.45) is 5.79. The van der Waals surface area contributed by atoms with Gasteiger partial charge in [0.2, 0.25) is 0 Å². The van der Waals surface area contributed by atoms with Gasteiger partial charge in [-0.15, -0.1) is 0 Å². The van der Waals surface area contributed by atoms with Crippen LogP contribution in [0, 0.1) is 6.92 Å². The SMILES string of the molecule is CC(=O)c1cc(C)cc2c(=O)n(C)c(C3CCCCC3)nc12. The fourth-order valence-corrected chi connectivity index (χ4v) is 3.53. The van der Waals surface area contributed by atoms with Gasteiger partial charge in [0.15, 0.2) is 5.78 Å². The lowest BCUT2D eigenvalue weighted by molar-refractivity contribution is 0.101. The van der Waals surface area contributed by atoms with Gasteiger partial charge in [0.25, 0.3) is 5.56 Å². The predicted molar refractivity (Wildman–Crippen MR) is 87.6 cm³/mol. The Bertz CT molecular complexity index is 799. The average molecular weight is 298 g/mol. The normalized spacial score (nSPS) is 16.1. The van der Waals surface area contributed by atoms with Crippen LogP contribution in [0.25, 0.3) is 10.9 Å². The van der Waals surface area contributed by atoms with Crippen LogP contribution in [-0.2, 0) is 7.05 Å². The highest BCUT2D eigenvalue weighted by Gasteiger charge is 2.22. The van der Waals surface area contributed by atoms with E-state index in [0.29, 0.717) is 22.4 Å². The molecular formula is C18H22N2O2. The fourth-order valence-electron chi connectivity index (χ4n) is 3.53. The highest BCUT2D eigenvalue weighted by atomic mass is 16.1. The number of benzene rings is 1. The van der Waals surface area contributed by atoms with Crippen LogP contribution in [0.2, 0.25) is 0 Å². The summed E-state index contributed by atoms with van der Waals surface area (Å²) in [7, 11) is 1.80. The number of aromatic nitrogens is 2. The molecule has 1 fully saturated rings. The monoisotopic (exact) mass is 298 g/mol. The van der Waals surface area contributed by atoms with E-state index in [9.17, 15) is 9.59 Å². The van der Waals surface area contributed by atoms with Gasteiger partial charge in [-0.2, -0.15) is 0 Å². The van der Waals surface area contributed by atoms with Crippen molar-refractivity contribution < 1.29 is 4.79 Å². The molecule has 0 unspecified atom stereocenters. The second-order valence-electron chi connectivity index (χ2n) is 6.43. The summed E-state index contributed by atoms with van der Waals surface area (Å²) in [5.74, 6) is 1.13. The van der Waals surface area contributed by atoms with Crippen molar-refractivity contribution >= 4 is 16.7 Å². The molecule has 0 bridgehead atoms. The Morgan fingerprint density at radius 3 is 2.55 bits per heavy atom. The van der Waals surface area contributed by atoms with Crippen LogP contribution >= 0.6 is 0 Å². The highest BCUT2D eigenvalue weighted by Crippen LogP contribution is 2.32. The van der Waals surface area contributed by atoms with E-state index in [1.165, 1.54) is 26.2 Å². The van der Waals surface area contributed by atoms with Crippen LogP contribution in [-0.4, -0.2) is 15.3 Å². The molecule has 0 atom stereocenters. The number of fused-ring (bicyclic) bond motifs is 1. The Kier molecular flexibility index (Phi) is 3.85. The number of nitrogens with zero attached hydrogens (tertiary/aromatic N) is 2. The summed E-state index contributed by atoms with van der Waals surface area (Å²) >= 11 is 0. The summed E-state index contributed by atoms with van der Waals surface area (Å²) in [5.41, 5.74) is 2.00. The minimum Gasteiger partial charge on any atom is -0.299 e. The molecule has 1 aromatic heterocycles. The van der Waals surface area contributed by atoms with Crippen LogP contribution in [0.5, 0.6) is 0 Å². The Balaban J connectivity index is 2.29. The third-order valence-electron chi connectivity index (χ3n) is 4.71. The quantitative estimate of drug-likeness (QED) is 0.797. The number of carbonyl (C=O) groups is 1. The van der Waals surface area contributed by atoms with Crippen molar-refractivity contribution in [3.8, 4) is 0 Å². The minimum absolute atomic E-state index is 0.0379. The second kappa shape index (κ2) is 5.67. The zero-order valence-corrected chi connectivity index (χ0v) is 13.5. The maximum absolute atomic E-state index is 12.7. The molecule has 0 aliphatic heterocycles. The number of hydrogen-bond donors (Lipinski definition) is 0. The van der Waals surface area contributed by atoms with Crippen molar-refractivity contribution in [3.63, 3.8) is 0 Å². The molecular weight excluding hydrogens is 276 g/mol. The molecule has 116 valence electrons. The van der Waals surface area contributed by atoms with Crippen molar-refractivity contribution in [2.45, 2.75) is 51.9 Å². The molecule has 1 aliphatic carbocycles. The molecule has 1 aliphatic rings. The van der Waals surface area contributed by atoms with E-state index in [1.54, 1.807) is 11.6 Å². The van der Waals surface area contributed by atoms with E-state index < -0.39 is 0 Å². The topological polar surface area (TPSA) is 52.0 Å². The summed E-state index contributed by atoms with van der Waals surface area (Å²) < 4.78 is 1.68. The standard InChI is InChI=1S/C18H22N2O2/c1-11-9-14(12(2)21)16-15(10-11)18(22)20(3)17(19-16)13-7-5-4-6-8-13/h9-10,13H,4-8H2,1-3H3. The van der Waals surface area contributed by atoms with Gasteiger partial charge in [0, 0.05) is 18.5 Å². The largest absolute Gasteiger partial charge is 0.299 e. The van der Waals surface area contributed by atoms with Crippen LogP contribution in [0.4, 0.5) is 0 Å². The van der Waals surface area contributed by atoms with E-state index >= 15 is 0 Å². The number of aryl methyl sites for hydroxylation is 1. The third kappa shape index (κ3) is 2.47. The predicted octanol–water partition coefficient (Wildman–Crippen LogP) is 3.49. The van der Waals surface area contributed by atoms with Gasteiger partial charge in [-0.3, -0.25) is 14.2 Å². The van der Waals surface area contributed by atoms with Gasteiger partial charge in [-0.05, 0) is 44.4 Å².